The molecule has 11 heteroatoms. The summed E-state index contributed by atoms with van der Waals surface area (Å²) in [4.78, 5) is 25.2. The van der Waals surface area contributed by atoms with Crippen LogP contribution in [0, 0.1) is 5.82 Å². The molecule has 0 bridgehead atoms. The maximum atomic E-state index is 13.5. The van der Waals surface area contributed by atoms with Gasteiger partial charge in [-0.2, -0.15) is 0 Å². The number of halogens is 2. The minimum Gasteiger partial charge on any atom is -0.349 e. The number of hydrogen-bond donors (Lipinski definition) is 2. The third-order valence-corrected chi connectivity index (χ3v) is 7.52. The fraction of sp³-hybridized carbons (Fsp3) is 0.458. The fourth-order valence-corrected chi connectivity index (χ4v) is 5.52. The molecule has 0 unspecified atom stereocenters. The van der Waals surface area contributed by atoms with Gasteiger partial charge in [-0.25, -0.2) is 14.4 Å². The van der Waals surface area contributed by atoms with E-state index in [-0.39, 0.29) is 23.1 Å². The van der Waals surface area contributed by atoms with Gasteiger partial charge < -0.3 is 25.0 Å². The number of thiophene rings is 1. The van der Waals surface area contributed by atoms with Crippen molar-refractivity contribution in [1.82, 2.24) is 20.2 Å². The second kappa shape index (κ2) is 9.94. The number of carbonyl (C=O) groups excluding carboxylic acids is 1. The number of likely N-dealkylation sites (tertiary alicyclic amines) is 1. The first-order valence-corrected chi connectivity index (χ1v) is 12.8. The zero-order valence-electron chi connectivity index (χ0n) is 19.5. The summed E-state index contributed by atoms with van der Waals surface area (Å²) in [5.41, 5.74) is 0.596. The zero-order valence-corrected chi connectivity index (χ0v) is 21.1. The Morgan fingerprint density at radius 1 is 1.29 bits per heavy atom. The van der Waals surface area contributed by atoms with Crippen LogP contribution >= 0.6 is 22.9 Å². The van der Waals surface area contributed by atoms with Gasteiger partial charge in [0.25, 0.3) is 5.91 Å². The zero-order chi connectivity index (χ0) is 24.6. The molecule has 0 saturated carbocycles. The van der Waals surface area contributed by atoms with Gasteiger partial charge in [0.1, 0.15) is 22.8 Å². The SMILES string of the molecule is CC1(C)OC[C@H](CN2CCC(NC(=O)c3cc4c(Nc5ccc(F)c(Cl)c5)ncnc4s3)CC2)O1. The number of rotatable bonds is 6. The molecular formula is C24H27ClFN5O3S. The minimum atomic E-state index is -0.507. The predicted molar refractivity (Wildman–Crippen MR) is 134 cm³/mol. The smallest absolute Gasteiger partial charge is 0.261 e. The standard InChI is InChI=1S/C24H27ClFN5O3S/c1-24(2)33-12-16(34-24)11-31-7-5-14(6-8-31)30-22(32)20-10-17-21(27-13-28-23(17)35-20)29-15-3-4-19(26)18(25)9-15/h3-4,9-10,13-14,16H,5-8,11-12H2,1-2H3,(H,30,32)(H,27,28,29)/t16-/m0/s1. The molecule has 2 aromatic heterocycles. The van der Waals surface area contributed by atoms with Crippen molar-refractivity contribution in [2.45, 2.75) is 44.6 Å². The van der Waals surface area contributed by atoms with Crippen LogP contribution in [0.4, 0.5) is 15.9 Å². The first-order valence-electron chi connectivity index (χ1n) is 11.6. The van der Waals surface area contributed by atoms with E-state index in [4.69, 9.17) is 21.1 Å². The lowest BCUT2D eigenvalue weighted by atomic mass is 10.0. The van der Waals surface area contributed by atoms with Crippen molar-refractivity contribution < 1.29 is 18.7 Å². The van der Waals surface area contributed by atoms with E-state index in [1.165, 1.54) is 29.8 Å². The molecule has 2 N–H and O–H groups in total. The first kappa shape index (κ1) is 24.3. The van der Waals surface area contributed by atoms with E-state index < -0.39 is 11.6 Å². The molecule has 0 aliphatic carbocycles. The first-order chi connectivity index (χ1) is 16.8. The lowest BCUT2D eigenvalue weighted by Gasteiger charge is -2.33. The molecule has 186 valence electrons. The Bertz CT molecular complexity index is 1230. The van der Waals surface area contributed by atoms with Crippen molar-refractivity contribution in [3.05, 3.63) is 46.3 Å². The van der Waals surface area contributed by atoms with Crippen LogP contribution in [0.2, 0.25) is 5.02 Å². The molecule has 2 saturated heterocycles. The van der Waals surface area contributed by atoms with Crippen LogP contribution < -0.4 is 10.6 Å². The molecule has 0 radical (unpaired) electrons. The summed E-state index contributed by atoms with van der Waals surface area (Å²) >= 11 is 7.20. The van der Waals surface area contributed by atoms with Gasteiger partial charge in [-0.15, -0.1) is 11.3 Å². The van der Waals surface area contributed by atoms with Crippen LogP contribution in [0.5, 0.6) is 0 Å². The number of benzene rings is 1. The van der Waals surface area contributed by atoms with Crippen molar-refractivity contribution in [3.8, 4) is 0 Å². The van der Waals surface area contributed by atoms with Crippen molar-refractivity contribution >= 4 is 50.6 Å². The summed E-state index contributed by atoms with van der Waals surface area (Å²) in [6.07, 6.45) is 3.28. The van der Waals surface area contributed by atoms with Gasteiger partial charge in [-0.1, -0.05) is 11.6 Å². The molecular weight excluding hydrogens is 493 g/mol. The maximum absolute atomic E-state index is 13.5. The van der Waals surface area contributed by atoms with Crippen LogP contribution in [0.1, 0.15) is 36.4 Å². The molecule has 8 nitrogen and oxygen atoms in total. The van der Waals surface area contributed by atoms with E-state index in [0.29, 0.717) is 27.8 Å². The number of carbonyl (C=O) groups is 1. The van der Waals surface area contributed by atoms with Gasteiger partial charge in [0.2, 0.25) is 0 Å². The summed E-state index contributed by atoms with van der Waals surface area (Å²) in [5.74, 6) is -0.582. The normalized spacial score (nSPS) is 20.9. The van der Waals surface area contributed by atoms with Crippen LogP contribution in [0.15, 0.2) is 30.6 Å². The van der Waals surface area contributed by atoms with Gasteiger partial charge in [0.15, 0.2) is 5.79 Å². The molecule has 2 fully saturated rings. The highest BCUT2D eigenvalue weighted by Crippen LogP contribution is 2.31. The van der Waals surface area contributed by atoms with Crippen molar-refractivity contribution in [2.75, 3.05) is 31.6 Å². The van der Waals surface area contributed by atoms with E-state index in [0.717, 1.165) is 37.9 Å². The van der Waals surface area contributed by atoms with E-state index in [1.807, 2.05) is 13.8 Å². The van der Waals surface area contributed by atoms with Crippen LogP contribution in [0.25, 0.3) is 10.2 Å². The lowest BCUT2D eigenvalue weighted by molar-refractivity contribution is -0.140. The highest BCUT2D eigenvalue weighted by molar-refractivity contribution is 7.20. The Labute approximate surface area is 211 Å². The van der Waals surface area contributed by atoms with Crippen LogP contribution in [-0.4, -0.2) is 64.9 Å². The summed E-state index contributed by atoms with van der Waals surface area (Å²) in [5, 5.41) is 7.04. The largest absolute Gasteiger partial charge is 0.349 e. The molecule has 1 atom stereocenters. The number of amides is 1. The lowest BCUT2D eigenvalue weighted by Crippen LogP contribution is -2.46. The Morgan fingerprint density at radius 3 is 2.80 bits per heavy atom. The second-order valence-corrected chi connectivity index (χ2v) is 10.7. The number of aromatic nitrogens is 2. The number of fused-ring (bicyclic) bond motifs is 1. The van der Waals surface area contributed by atoms with Gasteiger partial charge in [0, 0.05) is 31.4 Å². The summed E-state index contributed by atoms with van der Waals surface area (Å²) < 4.78 is 25.0. The van der Waals surface area contributed by atoms with Crippen LogP contribution in [-0.2, 0) is 9.47 Å². The van der Waals surface area contributed by atoms with Crippen LogP contribution in [0.3, 0.4) is 0 Å². The number of piperidine rings is 1. The fourth-order valence-electron chi connectivity index (χ4n) is 4.44. The molecule has 4 heterocycles. The molecule has 2 aliphatic rings. The van der Waals surface area contributed by atoms with Gasteiger partial charge >= 0.3 is 0 Å². The average molecular weight is 520 g/mol. The summed E-state index contributed by atoms with van der Waals surface area (Å²) in [6, 6.07) is 6.26. The molecule has 0 spiro atoms. The average Bonchev–Trinajstić information content (AvgIpc) is 3.41. The van der Waals surface area contributed by atoms with Crippen molar-refractivity contribution in [2.24, 2.45) is 0 Å². The summed E-state index contributed by atoms with van der Waals surface area (Å²) in [6.45, 7) is 7.13. The highest BCUT2D eigenvalue weighted by Gasteiger charge is 2.34. The number of anilines is 2. The van der Waals surface area contributed by atoms with E-state index in [1.54, 1.807) is 12.1 Å². The third kappa shape index (κ3) is 5.73. The van der Waals surface area contributed by atoms with Crippen molar-refractivity contribution in [1.29, 1.82) is 0 Å². The van der Waals surface area contributed by atoms with E-state index in [9.17, 15) is 9.18 Å². The number of ether oxygens (including phenoxy) is 2. The summed E-state index contributed by atoms with van der Waals surface area (Å²) in [7, 11) is 0. The number of hydrogen-bond acceptors (Lipinski definition) is 8. The molecule has 1 amide bonds. The predicted octanol–water partition coefficient (Wildman–Crippen LogP) is 4.57. The molecule has 2 aliphatic heterocycles. The topological polar surface area (TPSA) is 88.6 Å². The monoisotopic (exact) mass is 519 g/mol. The van der Waals surface area contributed by atoms with E-state index >= 15 is 0 Å². The highest BCUT2D eigenvalue weighted by atomic mass is 35.5. The molecule has 1 aromatic carbocycles. The van der Waals surface area contributed by atoms with E-state index in [2.05, 4.69) is 25.5 Å². The minimum absolute atomic E-state index is 0.0182. The van der Waals surface area contributed by atoms with Crippen molar-refractivity contribution in [3.63, 3.8) is 0 Å². The Hall–Kier alpha value is -2.37. The molecule has 3 aromatic rings. The Kier molecular flexibility index (Phi) is 6.91. The molecule has 5 rings (SSSR count). The maximum Gasteiger partial charge on any atom is 0.261 e. The second-order valence-electron chi connectivity index (χ2n) is 9.30. The van der Waals surface area contributed by atoms with Gasteiger partial charge in [-0.05, 0) is 51.0 Å². The Balaban J connectivity index is 1.19. The molecule has 35 heavy (non-hydrogen) atoms. The van der Waals surface area contributed by atoms with Gasteiger partial charge in [-0.3, -0.25) is 4.79 Å². The number of nitrogens with one attached hydrogen (secondary N) is 2. The number of nitrogens with zero attached hydrogens (tertiary/aromatic N) is 3. The Morgan fingerprint density at radius 2 is 2.09 bits per heavy atom. The van der Waals surface area contributed by atoms with Gasteiger partial charge in [0.05, 0.1) is 28.0 Å². The quantitative estimate of drug-likeness (QED) is 0.493. The third-order valence-electron chi connectivity index (χ3n) is 6.19.